The number of methoxy groups -OCH3 is 4. The lowest BCUT2D eigenvalue weighted by Crippen LogP contribution is -2.57. The van der Waals surface area contributed by atoms with Crippen molar-refractivity contribution in [2.45, 2.75) is 149 Å². The number of benzene rings is 3. The van der Waals surface area contributed by atoms with Crippen molar-refractivity contribution in [1.29, 1.82) is 0 Å². The average Bonchev–Trinajstić information content (AvgIpc) is 0.749. The summed E-state index contributed by atoms with van der Waals surface area (Å²) in [6.45, 7) is 8.73. The quantitative estimate of drug-likeness (QED) is 0.0293. The minimum absolute atomic E-state index is 0.000920. The number of allylic oxidation sites excluding steroid dienone is 8. The van der Waals surface area contributed by atoms with Gasteiger partial charge in [0.25, 0.3) is 5.91 Å². The molecule has 1 amide bonds. The molecule has 101 heavy (non-hydrogen) atoms. The number of pyridine rings is 3. The predicted molar refractivity (Wildman–Crippen MR) is 360 cm³/mol. The van der Waals surface area contributed by atoms with E-state index < -0.39 is 64.6 Å². The number of amides is 1. The number of rotatable bonds is 25. The number of nitrogens with zero attached hydrogens (tertiary/aromatic N) is 4. The van der Waals surface area contributed by atoms with E-state index in [2.05, 4.69) is 0 Å². The van der Waals surface area contributed by atoms with Crippen LogP contribution >= 0.6 is 0 Å². The zero-order valence-electron chi connectivity index (χ0n) is 57.2. The van der Waals surface area contributed by atoms with E-state index in [1.165, 1.54) is 62.6 Å². The highest BCUT2D eigenvalue weighted by molar-refractivity contribution is 6.00. The van der Waals surface area contributed by atoms with Crippen LogP contribution in [0.2, 0.25) is 0 Å². The molecular formula is C75H80F4N4O18. The van der Waals surface area contributed by atoms with Gasteiger partial charge in [0.05, 0.1) is 50.7 Å². The third-order valence-electron chi connectivity index (χ3n) is 16.9. The van der Waals surface area contributed by atoms with Crippen molar-refractivity contribution in [2.24, 2.45) is 0 Å². The van der Waals surface area contributed by atoms with Gasteiger partial charge in [0.15, 0.2) is 52.1 Å². The maximum Gasteiger partial charge on any atom is 0.373 e. The van der Waals surface area contributed by atoms with E-state index in [0.29, 0.717) is 30.7 Å². The molecule has 0 saturated carbocycles. The lowest BCUT2D eigenvalue weighted by Gasteiger charge is -2.44. The summed E-state index contributed by atoms with van der Waals surface area (Å²) < 4.78 is 103. The number of hydrogen-bond donors (Lipinski definition) is 0. The highest BCUT2D eigenvalue weighted by Gasteiger charge is 2.42. The number of fused-ring (bicyclic) bond motifs is 2. The molecular weight excluding hydrogens is 1320 g/mol. The Morgan fingerprint density at radius 2 is 0.990 bits per heavy atom. The third kappa shape index (κ3) is 20.6. The number of aryl methyl sites for hydroxylation is 1. The number of alkyl halides is 2. The van der Waals surface area contributed by atoms with E-state index in [0.717, 1.165) is 16.7 Å². The molecule has 0 bridgehead atoms. The van der Waals surface area contributed by atoms with E-state index in [-0.39, 0.29) is 158 Å². The van der Waals surface area contributed by atoms with Gasteiger partial charge in [-0.05, 0) is 86.9 Å². The summed E-state index contributed by atoms with van der Waals surface area (Å²) in [5.74, 6) is -4.47. The number of halogens is 4. The molecule has 2 aliphatic carbocycles. The second-order valence-electron chi connectivity index (χ2n) is 23.9. The minimum Gasteiger partial charge on any atom is -0.483 e. The summed E-state index contributed by atoms with van der Waals surface area (Å²) >= 11 is 0. The Bertz CT molecular complexity index is 4280. The Labute approximate surface area is 580 Å². The predicted octanol–water partition coefficient (Wildman–Crippen LogP) is 11.2. The van der Waals surface area contributed by atoms with Crippen molar-refractivity contribution in [3.63, 3.8) is 0 Å². The SMILES string of the molecule is COC(=O)c1c(OCc2ccccc2)c(=O)c(C(=O)CCC2=CC=C(F)CC2F)cn1CC(C)OC.COC(=O)c1c(OCc2ccccc2)c(=O)c(C)cn1CC(C)OC.C[C@@H]1CCO[C@H]2Cn3cc(C(=O)CCC4=CC=C(F)CC4F)c(=O)c(OCc4ccccc4)c3C(=O)N12.O=C=O. The molecule has 10 rings (SSSR count). The van der Waals surface area contributed by atoms with E-state index in [1.807, 2.05) is 80.6 Å². The number of hydrogen-bond acceptors (Lipinski definition) is 18. The molecule has 2 aliphatic heterocycles. The average molecular weight is 1400 g/mol. The second kappa shape index (κ2) is 37.7. The van der Waals surface area contributed by atoms with Crippen LogP contribution in [0.25, 0.3) is 0 Å². The molecule has 5 heterocycles. The van der Waals surface area contributed by atoms with Crippen LogP contribution in [0.1, 0.15) is 140 Å². The molecule has 26 heteroatoms. The largest absolute Gasteiger partial charge is 0.483 e. The number of carbonyl (C=O) groups excluding carboxylic acids is 7. The molecule has 3 aromatic heterocycles. The Morgan fingerprint density at radius 3 is 1.42 bits per heavy atom. The molecule has 22 nitrogen and oxygen atoms in total. The van der Waals surface area contributed by atoms with Gasteiger partial charge < -0.3 is 56.5 Å². The maximum absolute atomic E-state index is 14.2. The molecule has 4 unspecified atom stereocenters. The number of ether oxygens (including phenoxy) is 8. The zero-order chi connectivity index (χ0) is 73.4. The van der Waals surface area contributed by atoms with Crippen LogP contribution in [0.3, 0.4) is 0 Å². The van der Waals surface area contributed by atoms with Crippen LogP contribution in [0, 0.1) is 6.92 Å². The molecule has 0 radical (unpaired) electrons. The minimum atomic E-state index is -1.52. The molecule has 0 spiro atoms. The lowest BCUT2D eigenvalue weighted by molar-refractivity contribution is -0.191. The van der Waals surface area contributed by atoms with Crippen molar-refractivity contribution in [3.8, 4) is 17.2 Å². The van der Waals surface area contributed by atoms with Crippen LogP contribution < -0.4 is 30.5 Å². The fourth-order valence-electron chi connectivity index (χ4n) is 11.3. The normalized spacial score (nSPS) is 17.2. The van der Waals surface area contributed by atoms with E-state index in [4.69, 9.17) is 47.5 Å². The maximum atomic E-state index is 14.2. The fraction of sp³-hybridized carbons (Fsp3) is 0.373. The summed E-state index contributed by atoms with van der Waals surface area (Å²) in [7, 11) is 5.54. The van der Waals surface area contributed by atoms with E-state index >= 15 is 0 Å². The van der Waals surface area contributed by atoms with Gasteiger partial charge in [0.1, 0.15) is 43.8 Å². The van der Waals surface area contributed by atoms with Crippen molar-refractivity contribution in [2.75, 3.05) is 35.0 Å². The molecule has 536 valence electrons. The van der Waals surface area contributed by atoms with Gasteiger partial charge in [-0.25, -0.2) is 27.2 Å². The Morgan fingerprint density at radius 1 is 0.584 bits per heavy atom. The first-order valence-electron chi connectivity index (χ1n) is 32.4. The van der Waals surface area contributed by atoms with Crippen molar-refractivity contribution >= 4 is 35.6 Å². The lowest BCUT2D eigenvalue weighted by atomic mass is 9.95. The van der Waals surface area contributed by atoms with Crippen LogP contribution in [-0.4, -0.2) is 126 Å². The molecule has 1 saturated heterocycles. The van der Waals surface area contributed by atoms with Crippen LogP contribution in [0.15, 0.2) is 171 Å². The first-order chi connectivity index (χ1) is 48.5. The number of carbonyl (C=O) groups is 5. The van der Waals surface area contributed by atoms with E-state index in [1.54, 1.807) is 65.5 Å². The monoisotopic (exact) mass is 1400 g/mol. The van der Waals surface area contributed by atoms with Crippen molar-refractivity contribution in [3.05, 3.63) is 238 Å². The summed E-state index contributed by atoms with van der Waals surface area (Å²) in [6, 6.07) is 27.6. The summed E-state index contributed by atoms with van der Waals surface area (Å²) in [5, 5.41) is 0. The number of esters is 2. The van der Waals surface area contributed by atoms with Gasteiger partial charge in [0.2, 0.25) is 16.3 Å². The number of Topliss-reactive ketones (excluding diaryl/α,β-unsaturated/α-hetero) is 2. The molecule has 0 N–H and O–H groups in total. The standard InChI is InChI=1S/C28H28F2N2O5.C27H29F2NO6.C19H23NO5.CO2/c1-17-11-12-36-24-15-31-14-21(23(33)10-8-19-7-9-20(29)13-22(19)30)26(34)27(25(31)28(35)32(17)24)37-16-18-5-3-2-4-6-18;1-17(34-2)14-30-15-21(23(31)12-10-19-9-11-20(28)13-22(19)29)25(32)26(24(30)27(33)35-3)36-16-18-7-5-4-6-8-18;1-13-10-20(11-14(2)23-3)16(19(22)24-4)18(17(13)21)25-12-15-8-6-5-7-9-15;2-1-3/h2-7,9,14,17,22,24H,8,10-13,15-16H2,1H3;4-9,11,15,17,22H,10,12-14,16H2,1-3H3;5-10,14H,11-12H2,1-4H3;/t17-,22?,24+;;;/m1.../s1. The van der Waals surface area contributed by atoms with Crippen molar-refractivity contribution in [1.82, 2.24) is 18.6 Å². The van der Waals surface area contributed by atoms with Gasteiger partial charge in [-0.1, -0.05) is 103 Å². The Hall–Kier alpha value is -10.4. The molecule has 3 aromatic carbocycles. The summed E-state index contributed by atoms with van der Waals surface area (Å²) in [4.78, 5) is 122. The van der Waals surface area contributed by atoms with Crippen LogP contribution in [-0.2, 0) is 72.7 Å². The zero-order valence-corrected chi connectivity index (χ0v) is 57.2. The first kappa shape index (κ1) is 77.9. The van der Waals surface area contributed by atoms with Crippen LogP contribution in [0.4, 0.5) is 17.6 Å². The van der Waals surface area contributed by atoms with Gasteiger partial charge in [0, 0.05) is 83.2 Å². The van der Waals surface area contributed by atoms with Gasteiger partial charge >= 0.3 is 18.1 Å². The summed E-state index contributed by atoms with van der Waals surface area (Å²) in [6.07, 6.45) is 5.26. The molecule has 1 fully saturated rings. The number of ketones is 2. The first-order valence-corrected chi connectivity index (χ1v) is 32.4. The molecule has 4 aliphatic rings. The van der Waals surface area contributed by atoms with Gasteiger partial charge in [-0.2, -0.15) is 9.59 Å². The van der Waals surface area contributed by atoms with Crippen LogP contribution in [0.5, 0.6) is 17.2 Å². The Balaban J connectivity index is 0.000000212. The van der Waals surface area contributed by atoms with Gasteiger partial charge in [-0.15, -0.1) is 0 Å². The molecule has 6 aromatic rings. The summed E-state index contributed by atoms with van der Waals surface area (Å²) in [5.41, 5.74) is 1.46. The smallest absolute Gasteiger partial charge is 0.373 e. The second-order valence-corrected chi connectivity index (χ2v) is 23.9. The fourth-order valence-corrected chi connectivity index (χ4v) is 11.3. The third-order valence-corrected chi connectivity index (χ3v) is 16.9. The van der Waals surface area contributed by atoms with Crippen molar-refractivity contribution < 1.29 is 89.0 Å². The van der Waals surface area contributed by atoms with Gasteiger partial charge in [-0.3, -0.25) is 28.8 Å². The molecule has 6 atom stereocenters. The van der Waals surface area contributed by atoms with E-state index in [9.17, 15) is 55.9 Å². The Kier molecular flexibility index (Phi) is 29.1. The highest BCUT2D eigenvalue weighted by atomic mass is 19.2. The highest BCUT2D eigenvalue weighted by Crippen LogP contribution is 2.33. The topological polar surface area (TPSA) is 263 Å². The number of aromatic nitrogens is 3.